The molecular weight excluding hydrogens is 276 g/mol. The van der Waals surface area contributed by atoms with E-state index in [2.05, 4.69) is 12.1 Å². The van der Waals surface area contributed by atoms with Gasteiger partial charge >= 0.3 is 0 Å². The lowest BCUT2D eigenvalue weighted by Gasteiger charge is -2.44. The van der Waals surface area contributed by atoms with Crippen LogP contribution in [0.2, 0.25) is 0 Å². The lowest BCUT2D eigenvalue weighted by Crippen LogP contribution is -2.30. The van der Waals surface area contributed by atoms with Crippen molar-refractivity contribution < 1.29 is 14.3 Å². The predicted octanol–water partition coefficient (Wildman–Crippen LogP) is 3.87. The summed E-state index contributed by atoms with van der Waals surface area (Å²) in [5.74, 6) is 1.70. The Hall–Kier alpha value is -1.87. The Bertz CT molecular complexity index is 687. The molecule has 2 aromatic rings. The van der Waals surface area contributed by atoms with Gasteiger partial charge in [-0.25, -0.2) is 0 Å². The van der Waals surface area contributed by atoms with E-state index < -0.39 is 0 Å². The molecule has 1 aromatic heterocycles. The van der Waals surface area contributed by atoms with Crippen LogP contribution >= 0.6 is 0 Å². The second-order valence-electron chi connectivity index (χ2n) is 6.57. The van der Waals surface area contributed by atoms with Crippen molar-refractivity contribution in [2.45, 2.75) is 37.5 Å². The fourth-order valence-corrected chi connectivity index (χ4v) is 4.41. The number of rotatable bonds is 4. The number of furan rings is 1. The molecule has 0 radical (unpaired) electrons. The third kappa shape index (κ3) is 2.12. The molecule has 1 aromatic carbocycles. The van der Waals surface area contributed by atoms with Crippen molar-refractivity contribution in [2.75, 3.05) is 6.61 Å². The largest absolute Gasteiger partial charge is 0.472 e. The van der Waals surface area contributed by atoms with Crippen molar-refractivity contribution in [1.29, 1.82) is 0 Å². The fraction of sp³-hybridized carbons (Fsp3) is 0.421. The molecule has 0 amide bonds. The van der Waals surface area contributed by atoms with Crippen LogP contribution in [0, 0.1) is 5.92 Å². The van der Waals surface area contributed by atoms with Gasteiger partial charge in [-0.15, -0.1) is 0 Å². The highest BCUT2D eigenvalue weighted by Crippen LogP contribution is 2.53. The van der Waals surface area contributed by atoms with Crippen LogP contribution in [0.15, 0.2) is 41.2 Å². The van der Waals surface area contributed by atoms with Crippen LogP contribution in [0.3, 0.4) is 0 Å². The van der Waals surface area contributed by atoms with E-state index in [0.29, 0.717) is 23.3 Å². The van der Waals surface area contributed by atoms with Crippen molar-refractivity contribution in [2.24, 2.45) is 5.92 Å². The maximum absolute atomic E-state index is 12.5. The number of hydrogen-bond donors (Lipinski definition) is 1. The van der Waals surface area contributed by atoms with Crippen LogP contribution in [0.5, 0.6) is 0 Å². The zero-order valence-electron chi connectivity index (χ0n) is 12.5. The topological polar surface area (TPSA) is 50.4 Å². The van der Waals surface area contributed by atoms with Gasteiger partial charge in [-0.3, -0.25) is 4.79 Å². The monoisotopic (exact) mass is 296 g/mol. The van der Waals surface area contributed by atoms with Gasteiger partial charge < -0.3 is 9.52 Å². The summed E-state index contributed by atoms with van der Waals surface area (Å²) in [7, 11) is 0. The van der Waals surface area contributed by atoms with E-state index in [4.69, 9.17) is 4.42 Å². The first kappa shape index (κ1) is 13.8. The normalized spacial score (nSPS) is 26.0. The number of benzene rings is 1. The van der Waals surface area contributed by atoms with Crippen LogP contribution in [0.4, 0.5) is 0 Å². The molecule has 3 aliphatic rings. The molecule has 1 N–H and O–H groups in total. The molecule has 0 unspecified atom stereocenters. The lowest BCUT2D eigenvalue weighted by molar-refractivity contribution is 0.103. The molecular formula is C19H20O3. The molecule has 2 bridgehead atoms. The molecule has 3 atom stereocenters. The van der Waals surface area contributed by atoms with Crippen molar-refractivity contribution >= 4 is 5.78 Å². The van der Waals surface area contributed by atoms with Gasteiger partial charge in [0.15, 0.2) is 5.78 Å². The first-order chi connectivity index (χ1) is 10.8. The minimum atomic E-state index is 0.0247. The minimum Gasteiger partial charge on any atom is -0.472 e. The molecule has 0 aliphatic heterocycles. The molecule has 3 heteroatoms. The molecule has 1 heterocycles. The highest BCUT2D eigenvalue weighted by atomic mass is 16.3. The van der Waals surface area contributed by atoms with Crippen LogP contribution < -0.4 is 0 Å². The fourth-order valence-electron chi connectivity index (χ4n) is 4.41. The average Bonchev–Trinajstić information content (AvgIpc) is 3.09. The van der Waals surface area contributed by atoms with E-state index in [0.717, 1.165) is 12.0 Å². The Labute approximate surface area is 130 Å². The Morgan fingerprint density at radius 1 is 1.18 bits per heavy atom. The van der Waals surface area contributed by atoms with Crippen LogP contribution in [-0.4, -0.2) is 17.5 Å². The van der Waals surface area contributed by atoms with E-state index in [1.807, 2.05) is 6.07 Å². The number of carbonyl (C=O) groups excluding carboxylic acids is 1. The highest BCUT2D eigenvalue weighted by molar-refractivity contribution is 6.08. The molecule has 114 valence electrons. The number of hydrogen-bond acceptors (Lipinski definition) is 3. The van der Waals surface area contributed by atoms with Crippen molar-refractivity contribution in [3.05, 3.63) is 59.0 Å². The van der Waals surface area contributed by atoms with Gasteiger partial charge in [0.2, 0.25) is 0 Å². The van der Waals surface area contributed by atoms with Gasteiger partial charge in [0.05, 0.1) is 11.8 Å². The summed E-state index contributed by atoms with van der Waals surface area (Å²) in [5.41, 5.74) is 4.12. The summed E-state index contributed by atoms with van der Waals surface area (Å²) in [4.78, 5) is 12.5. The molecule has 5 rings (SSSR count). The maximum atomic E-state index is 12.5. The molecule has 1 fully saturated rings. The maximum Gasteiger partial charge on any atom is 0.196 e. The Morgan fingerprint density at radius 2 is 2.09 bits per heavy atom. The molecule has 3 nitrogen and oxygen atoms in total. The summed E-state index contributed by atoms with van der Waals surface area (Å²) in [6.45, 7) is 0.261. The minimum absolute atomic E-state index is 0.0247. The standard InChI is InChI=1S/C19H20O3/c20-7-5-13-9-12-1-3-17(13)18-10-14(2-4-16(12)18)19(21)15-6-8-22-11-15/h2,4,6,8,10-13,17,20H,1,3,5,7,9H2/t12-,13-,17+/m0/s1. The number of aliphatic hydroxyl groups is 1. The number of ketones is 1. The summed E-state index contributed by atoms with van der Waals surface area (Å²) in [5, 5.41) is 9.30. The molecule has 0 saturated heterocycles. The number of fused-ring (bicyclic) bond motifs is 2. The zero-order valence-corrected chi connectivity index (χ0v) is 12.5. The van der Waals surface area contributed by atoms with E-state index >= 15 is 0 Å². The average molecular weight is 296 g/mol. The van der Waals surface area contributed by atoms with E-state index in [-0.39, 0.29) is 12.4 Å². The number of carbonyl (C=O) groups is 1. The first-order valence-corrected chi connectivity index (χ1v) is 8.09. The van der Waals surface area contributed by atoms with E-state index in [9.17, 15) is 9.90 Å². The summed E-state index contributed by atoms with van der Waals surface area (Å²) < 4.78 is 5.02. The third-order valence-electron chi connectivity index (χ3n) is 5.45. The van der Waals surface area contributed by atoms with Crippen molar-refractivity contribution in [3.63, 3.8) is 0 Å². The van der Waals surface area contributed by atoms with Gasteiger partial charge in [0, 0.05) is 12.2 Å². The van der Waals surface area contributed by atoms with Crippen LogP contribution in [-0.2, 0) is 0 Å². The predicted molar refractivity (Wildman–Crippen MR) is 83.1 cm³/mol. The summed E-state index contributed by atoms with van der Waals surface area (Å²) in [6, 6.07) is 7.90. The Morgan fingerprint density at radius 3 is 2.86 bits per heavy atom. The lowest BCUT2D eigenvalue weighted by atomic mass is 9.61. The third-order valence-corrected chi connectivity index (χ3v) is 5.45. The van der Waals surface area contributed by atoms with E-state index in [1.165, 1.54) is 42.9 Å². The van der Waals surface area contributed by atoms with Gasteiger partial charge in [-0.1, -0.05) is 12.1 Å². The second-order valence-corrected chi connectivity index (χ2v) is 6.57. The summed E-state index contributed by atoms with van der Waals surface area (Å²) in [6.07, 6.45) is 7.53. The Kier molecular flexibility index (Phi) is 3.38. The second kappa shape index (κ2) is 5.40. The SMILES string of the molecule is O=C(c1ccoc1)c1ccc2c(c1)[C@@H]1CC[C@H]2C[C@@H]1CCO. The van der Waals surface area contributed by atoms with Gasteiger partial charge in [0.25, 0.3) is 0 Å². The van der Waals surface area contributed by atoms with Gasteiger partial charge in [-0.2, -0.15) is 0 Å². The van der Waals surface area contributed by atoms with Gasteiger partial charge in [0.1, 0.15) is 6.26 Å². The quantitative estimate of drug-likeness (QED) is 0.871. The van der Waals surface area contributed by atoms with Crippen molar-refractivity contribution in [3.8, 4) is 0 Å². The van der Waals surface area contributed by atoms with Crippen LogP contribution in [0.25, 0.3) is 0 Å². The molecule has 3 aliphatic carbocycles. The zero-order chi connectivity index (χ0) is 15.1. The highest BCUT2D eigenvalue weighted by Gasteiger charge is 2.39. The van der Waals surface area contributed by atoms with Crippen LogP contribution in [0.1, 0.15) is 64.6 Å². The van der Waals surface area contributed by atoms with Gasteiger partial charge in [-0.05, 0) is 66.7 Å². The number of aliphatic hydroxyl groups excluding tert-OH is 1. The van der Waals surface area contributed by atoms with E-state index in [1.54, 1.807) is 6.07 Å². The first-order valence-electron chi connectivity index (χ1n) is 8.09. The Balaban J connectivity index is 1.71. The molecule has 22 heavy (non-hydrogen) atoms. The summed E-state index contributed by atoms with van der Waals surface area (Å²) >= 11 is 0. The molecule has 0 spiro atoms. The molecule has 1 saturated carbocycles. The smallest absolute Gasteiger partial charge is 0.196 e. The van der Waals surface area contributed by atoms with Crippen molar-refractivity contribution in [1.82, 2.24) is 0 Å².